The maximum Gasteiger partial charge on any atom is 0.309 e. The molecule has 0 N–H and O–H groups in total. The molecule has 210 valence electrons. The molecule has 37 heavy (non-hydrogen) atoms. The van der Waals surface area contributed by atoms with Crippen molar-refractivity contribution in [1.29, 1.82) is 0 Å². The van der Waals surface area contributed by atoms with Gasteiger partial charge in [-0.25, -0.2) is 0 Å². The molecule has 2 unspecified atom stereocenters. The molecular weight excluding hydrogens is 486 g/mol. The standard InChI is InChI=1S/C28H42F2O7/c1-4-5-17-28(29,30)25(32)16-15-22-21(12-8-6-7-9-13-26(33)34-3)23(36-20(2)31)19-24(22)37-27-14-10-11-18-35-27/h6,8,15-16,21-24,27H,4-5,7,9-14,17-19H2,1-3H3/b8-6-,16-15+/t21?,22-,23+,24-,27?/m1/s1. The van der Waals surface area contributed by atoms with Crippen LogP contribution in [0, 0.1) is 11.8 Å². The second-order valence-electron chi connectivity index (χ2n) is 9.80. The van der Waals surface area contributed by atoms with E-state index in [1.807, 2.05) is 12.2 Å². The van der Waals surface area contributed by atoms with Crippen LogP contribution in [0.5, 0.6) is 0 Å². The van der Waals surface area contributed by atoms with Crippen LogP contribution in [0.1, 0.15) is 84.5 Å². The van der Waals surface area contributed by atoms with Crippen molar-refractivity contribution in [1.82, 2.24) is 0 Å². The number of rotatable bonds is 15. The zero-order valence-electron chi connectivity index (χ0n) is 22.3. The van der Waals surface area contributed by atoms with Gasteiger partial charge in [0.05, 0.1) is 13.2 Å². The Hall–Kier alpha value is -2.13. The Balaban J connectivity index is 2.19. The van der Waals surface area contributed by atoms with Crippen molar-refractivity contribution in [2.75, 3.05) is 13.7 Å². The zero-order valence-corrected chi connectivity index (χ0v) is 22.3. The molecule has 7 nitrogen and oxygen atoms in total. The molecule has 0 spiro atoms. The van der Waals surface area contributed by atoms with E-state index in [0.717, 1.165) is 25.3 Å². The van der Waals surface area contributed by atoms with Crippen LogP contribution < -0.4 is 0 Å². The van der Waals surface area contributed by atoms with Gasteiger partial charge in [-0.2, -0.15) is 8.78 Å². The third-order valence-corrected chi connectivity index (χ3v) is 6.88. The fraction of sp³-hybridized carbons (Fsp3) is 0.750. The molecule has 0 aromatic heterocycles. The summed E-state index contributed by atoms with van der Waals surface area (Å²) >= 11 is 0. The van der Waals surface area contributed by atoms with Crippen molar-refractivity contribution < 1.29 is 42.1 Å². The summed E-state index contributed by atoms with van der Waals surface area (Å²) in [6, 6.07) is 0. The summed E-state index contributed by atoms with van der Waals surface area (Å²) in [6.07, 6.45) is 10.5. The molecular formula is C28H42F2O7. The average Bonchev–Trinajstić information content (AvgIpc) is 3.18. The van der Waals surface area contributed by atoms with Gasteiger partial charge in [-0.15, -0.1) is 0 Å². The predicted octanol–water partition coefficient (Wildman–Crippen LogP) is 5.71. The molecule has 1 saturated carbocycles. The van der Waals surface area contributed by atoms with Crippen LogP contribution in [0.2, 0.25) is 0 Å². The quantitative estimate of drug-likeness (QED) is 0.116. The minimum Gasteiger partial charge on any atom is -0.469 e. The average molecular weight is 529 g/mol. The van der Waals surface area contributed by atoms with Crippen LogP contribution >= 0.6 is 0 Å². The Bertz CT molecular complexity index is 789. The molecule has 2 fully saturated rings. The zero-order chi connectivity index (χ0) is 27.3. The van der Waals surface area contributed by atoms with Gasteiger partial charge < -0.3 is 18.9 Å². The summed E-state index contributed by atoms with van der Waals surface area (Å²) in [6.45, 7) is 3.72. The third kappa shape index (κ3) is 10.6. The lowest BCUT2D eigenvalue weighted by molar-refractivity contribution is -0.193. The van der Waals surface area contributed by atoms with Crippen LogP contribution in [-0.2, 0) is 33.3 Å². The lowest BCUT2D eigenvalue weighted by Gasteiger charge is -2.29. The van der Waals surface area contributed by atoms with Gasteiger partial charge in [-0.05, 0) is 51.0 Å². The molecule has 1 saturated heterocycles. The highest BCUT2D eigenvalue weighted by atomic mass is 19.3. The number of hydrogen-bond donors (Lipinski definition) is 0. The molecule has 0 radical (unpaired) electrons. The molecule has 0 bridgehead atoms. The SMILES string of the molecule is CCCCC(F)(F)C(=O)/C=C/[C@@H]1C(C/C=C\CCCC(=O)OC)[C@@H](OC(C)=O)C[C@H]1OC1CCCCO1. The van der Waals surface area contributed by atoms with Gasteiger partial charge in [0.25, 0.3) is 0 Å². The summed E-state index contributed by atoms with van der Waals surface area (Å²) in [5.74, 6) is -6.02. The lowest BCUT2D eigenvalue weighted by Crippen LogP contribution is -2.31. The van der Waals surface area contributed by atoms with Crippen LogP contribution in [0.25, 0.3) is 0 Å². The molecule has 0 aromatic rings. The first-order valence-corrected chi connectivity index (χ1v) is 13.4. The fourth-order valence-corrected chi connectivity index (χ4v) is 4.85. The van der Waals surface area contributed by atoms with Gasteiger partial charge in [0.15, 0.2) is 6.29 Å². The minimum absolute atomic E-state index is 0.261. The van der Waals surface area contributed by atoms with E-state index in [9.17, 15) is 23.2 Å². The molecule has 0 amide bonds. The molecule has 1 aliphatic heterocycles. The molecule has 2 rings (SSSR count). The molecule has 2 aliphatic rings. The molecule has 1 heterocycles. The summed E-state index contributed by atoms with van der Waals surface area (Å²) in [7, 11) is 1.35. The normalized spacial score (nSPS) is 26.6. The van der Waals surface area contributed by atoms with E-state index in [2.05, 4.69) is 4.74 Å². The number of hydrogen-bond acceptors (Lipinski definition) is 7. The highest BCUT2D eigenvalue weighted by molar-refractivity contribution is 5.95. The van der Waals surface area contributed by atoms with E-state index in [4.69, 9.17) is 14.2 Å². The van der Waals surface area contributed by atoms with Crippen LogP contribution in [-0.4, -0.2) is 55.9 Å². The Labute approximate surface area is 218 Å². The summed E-state index contributed by atoms with van der Waals surface area (Å²) < 4.78 is 50.9. The summed E-state index contributed by atoms with van der Waals surface area (Å²) in [5.41, 5.74) is 0. The maximum absolute atomic E-state index is 14.3. The Morgan fingerprint density at radius 2 is 1.89 bits per heavy atom. The second kappa shape index (κ2) is 16.0. The summed E-state index contributed by atoms with van der Waals surface area (Å²) in [4.78, 5) is 35.5. The van der Waals surface area contributed by atoms with E-state index < -0.39 is 48.5 Å². The van der Waals surface area contributed by atoms with Crippen molar-refractivity contribution in [3.8, 4) is 0 Å². The van der Waals surface area contributed by atoms with Crippen molar-refractivity contribution >= 4 is 17.7 Å². The molecule has 9 heteroatoms. The van der Waals surface area contributed by atoms with E-state index >= 15 is 0 Å². The Kier molecular flexibility index (Phi) is 13.4. The Morgan fingerprint density at radius 3 is 2.54 bits per heavy atom. The highest BCUT2D eigenvalue weighted by Crippen LogP contribution is 2.41. The van der Waals surface area contributed by atoms with Crippen LogP contribution in [0.4, 0.5) is 8.78 Å². The van der Waals surface area contributed by atoms with Gasteiger partial charge in [-0.1, -0.05) is 31.6 Å². The molecule has 1 aliphatic carbocycles. The minimum atomic E-state index is -3.42. The van der Waals surface area contributed by atoms with Gasteiger partial charge >= 0.3 is 17.9 Å². The number of ketones is 1. The monoisotopic (exact) mass is 528 g/mol. The largest absolute Gasteiger partial charge is 0.469 e. The van der Waals surface area contributed by atoms with Gasteiger partial charge in [0, 0.05) is 44.6 Å². The van der Waals surface area contributed by atoms with E-state index in [1.165, 1.54) is 20.1 Å². The van der Waals surface area contributed by atoms with E-state index in [0.29, 0.717) is 45.1 Å². The highest BCUT2D eigenvalue weighted by Gasteiger charge is 2.45. The van der Waals surface area contributed by atoms with Gasteiger partial charge in [-0.3, -0.25) is 14.4 Å². The lowest BCUT2D eigenvalue weighted by atomic mass is 9.89. The molecule has 5 atom stereocenters. The van der Waals surface area contributed by atoms with Crippen molar-refractivity contribution in [3.63, 3.8) is 0 Å². The van der Waals surface area contributed by atoms with E-state index in [-0.39, 0.29) is 18.3 Å². The second-order valence-corrected chi connectivity index (χ2v) is 9.80. The van der Waals surface area contributed by atoms with Gasteiger partial charge in [0.2, 0.25) is 5.78 Å². The Morgan fingerprint density at radius 1 is 1.11 bits per heavy atom. The topological polar surface area (TPSA) is 88.1 Å². The number of carbonyl (C=O) groups excluding carboxylic acids is 3. The smallest absolute Gasteiger partial charge is 0.309 e. The first-order valence-electron chi connectivity index (χ1n) is 13.4. The van der Waals surface area contributed by atoms with Crippen LogP contribution in [0.15, 0.2) is 24.3 Å². The number of allylic oxidation sites excluding steroid dienone is 3. The number of halogens is 2. The third-order valence-electron chi connectivity index (χ3n) is 6.88. The van der Waals surface area contributed by atoms with E-state index in [1.54, 1.807) is 6.92 Å². The van der Waals surface area contributed by atoms with Crippen molar-refractivity contribution in [2.45, 2.75) is 109 Å². The number of carbonyl (C=O) groups is 3. The number of ether oxygens (including phenoxy) is 4. The summed E-state index contributed by atoms with van der Waals surface area (Å²) in [5, 5.41) is 0. The fourth-order valence-electron chi connectivity index (χ4n) is 4.85. The number of methoxy groups -OCH3 is 1. The number of esters is 2. The number of unbranched alkanes of at least 4 members (excludes halogenated alkanes) is 2. The van der Waals surface area contributed by atoms with Crippen molar-refractivity contribution in [2.24, 2.45) is 11.8 Å². The number of alkyl halides is 2. The first kappa shape index (κ1) is 31.1. The predicted molar refractivity (Wildman–Crippen MR) is 134 cm³/mol. The molecule has 0 aromatic carbocycles. The van der Waals surface area contributed by atoms with Crippen molar-refractivity contribution in [3.05, 3.63) is 24.3 Å². The van der Waals surface area contributed by atoms with Gasteiger partial charge in [0.1, 0.15) is 6.10 Å². The first-order chi connectivity index (χ1) is 17.7. The van der Waals surface area contributed by atoms with Crippen LogP contribution in [0.3, 0.4) is 0 Å². The maximum atomic E-state index is 14.3.